The molecule has 0 aliphatic heterocycles. The molecule has 1 heterocycles. The molecule has 6 nitrogen and oxygen atoms in total. The van der Waals surface area contributed by atoms with E-state index in [1.165, 1.54) is 6.42 Å². The van der Waals surface area contributed by atoms with Crippen molar-refractivity contribution in [3.8, 4) is 0 Å². The molecule has 1 aromatic rings. The lowest BCUT2D eigenvalue weighted by Crippen LogP contribution is -2.03. The number of nitrogens with zero attached hydrogens (tertiary/aromatic N) is 2. The van der Waals surface area contributed by atoms with Gasteiger partial charge in [-0.15, -0.1) is 0 Å². The Balaban J connectivity index is 0.000000336. The lowest BCUT2D eigenvalue weighted by Gasteiger charge is -2.07. The van der Waals surface area contributed by atoms with Crippen LogP contribution in [-0.2, 0) is 16.9 Å². The second-order valence-corrected chi connectivity index (χ2v) is 4.12. The fourth-order valence-electron chi connectivity index (χ4n) is 0.884. The van der Waals surface area contributed by atoms with E-state index in [0.717, 1.165) is 12.5 Å². The van der Waals surface area contributed by atoms with Gasteiger partial charge in [0, 0.05) is 18.9 Å². The summed E-state index contributed by atoms with van der Waals surface area (Å²) >= 11 is 0. The smallest absolute Gasteiger partial charge is 0.337 e. The van der Waals surface area contributed by atoms with Gasteiger partial charge in [0.1, 0.15) is 0 Å². The number of imidazole rings is 1. The third kappa shape index (κ3) is 11.0. The maximum absolute atomic E-state index is 8.74. The molecule has 0 saturated carbocycles. The normalized spacial score (nSPS) is 12.8. The highest BCUT2D eigenvalue weighted by Gasteiger charge is 1.97. The van der Waals surface area contributed by atoms with Gasteiger partial charge in [-0.25, -0.2) is 4.98 Å². The number of rotatable bonds is 3. The van der Waals surface area contributed by atoms with Crippen molar-refractivity contribution < 1.29 is 17.5 Å². The van der Waals surface area contributed by atoms with Gasteiger partial charge in [-0.1, -0.05) is 20.3 Å². The highest BCUT2D eigenvalue weighted by atomic mass is 32.3. The molecule has 0 fully saturated rings. The van der Waals surface area contributed by atoms with Gasteiger partial charge < -0.3 is 4.57 Å². The van der Waals surface area contributed by atoms with Crippen molar-refractivity contribution in [2.75, 3.05) is 0 Å². The quantitative estimate of drug-likeness (QED) is 0.771. The maximum Gasteiger partial charge on any atom is 0.394 e. The van der Waals surface area contributed by atoms with Crippen LogP contribution in [0.1, 0.15) is 20.3 Å². The number of hydrogen-bond acceptors (Lipinski definition) is 3. The fraction of sp³-hybridized carbons (Fsp3) is 0.625. The lowest BCUT2D eigenvalue weighted by molar-refractivity contribution is 0.381. The molecule has 0 aromatic carbocycles. The van der Waals surface area contributed by atoms with E-state index in [2.05, 4.69) is 23.4 Å². The number of aromatic nitrogens is 2. The van der Waals surface area contributed by atoms with Crippen LogP contribution in [0.2, 0.25) is 0 Å². The van der Waals surface area contributed by atoms with Crippen molar-refractivity contribution in [3.05, 3.63) is 18.7 Å². The first-order valence-corrected chi connectivity index (χ1v) is 5.88. The van der Waals surface area contributed by atoms with Crippen molar-refractivity contribution in [2.24, 2.45) is 5.92 Å². The van der Waals surface area contributed by atoms with Crippen molar-refractivity contribution in [3.63, 3.8) is 0 Å². The van der Waals surface area contributed by atoms with Gasteiger partial charge in [-0.2, -0.15) is 8.42 Å². The Hall–Kier alpha value is -0.920. The Morgan fingerprint density at radius 1 is 1.47 bits per heavy atom. The molecule has 0 amide bonds. The summed E-state index contributed by atoms with van der Waals surface area (Å²) in [5.74, 6) is 0.759. The predicted octanol–water partition coefficient (Wildman–Crippen LogP) is 1.28. The topological polar surface area (TPSA) is 92.4 Å². The molecule has 88 valence electrons. The molecule has 0 radical (unpaired) electrons. The summed E-state index contributed by atoms with van der Waals surface area (Å²) in [4.78, 5) is 3.97. The van der Waals surface area contributed by atoms with E-state index in [4.69, 9.17) is 17.5 Å². The van der Waals surface area contributed by atoms with Crippen molar-refractivity contribution in [1.29, 1.82) is 0 Å². The van der Waals surface area contributed by atoms with Gasteiger partial charge in [0.05, 0.1) is 6.33 Å². The van der Waals surface area contributed by atoms with Crippen LogP contribution in [0, 0.1) is 5.92 Å². The van der Waals surface area contributed by atoms with Gasteiger partial charge in [-0.3, -0.25) is 9.11 Å². The lowest BCUT2D eigenvalue weighted by atomic mass is 10.1. The zero-order valence-corrected chi connectivity index (χ0v) is 9.55. The molecular formula is C8H16N2O4S. The summed E-state index contributed by atoms with van der Waals surface area (Å²) < 4.78 is 33.7. The third-order valence-corrected chi connectivity index (χ3v) is 1.78. The van der Waals surface area contributed by atoms with Crippen LogP contribution in [0.5, 0.6) is 0 Å². The van der Waals surface area contributed by atoms with E-state index < -0.39 is 10.4 Å². The zero-order chi connectivity index (χ0) is 11.9. The predicted molar refractivity (Wildman–Crippen MR) is 55.9 cm³/mol. The molecule has 7 heteroatoms. The Morgan fingerprint density at radius 2 is 2.00 bits per heavy atom. The summed E-state index contributed by atoms with van der Waals surface area (Å²) in [7, 11) is -4.67. The largest absolute Gasteiger partial charge is 0.394 e. The average Bonchev–Trinajstić information content (AvgIpc) is 2.53. The van der Waals surface area contributed by atoms with Gasteiger partial charge in [0.2, 0.25) is 0 Å². The summed E-state index contributed by atoms with van der Waals surface area (Å²) in [5.41, 5.74) is 0. The minimum atomic E-state index is -4.67. The van der Waals surface area contributed by atoms with Gasteiger partial charge in [-0.05, 0) is 5.92 Å². The van der Waals surface area contributed by atoms with E-state index in [0.29, 0.717) is 0 Å². The molecule has 1 unspecified atom stereocenters. The molecule has 0 spiro atoms. The highest BCUT2D eigenvalue weighted by molar-refractivity contribution is 7.79. The van der Waals surface area contributed by atoms with Crippen LogP contribution in [-0.4, -0.2) is 27.1 Å². The molecule has 0 aliphatic rings. The standard InChI is InChI=1S/C8H14N2.H2O4S/c1-3-8(2)6-10-5-4-9-7-10;1-5(2,3)4/h4-5,7-8H,3,6H2,1-2H3;(H2,1,2,3,4). The summed E-state index contributed by atoms with van der Waals surface area (Å²) in [6, 6.07) is 0. The minimum Gasteiger partial charge on any atom is -0.337 e. The van der Waals surface area contributed by atoms with Crippen LogP contribution < -0.4 is 0 Å². The van der Waals surface area contributed by atoms with E-state index in [1.807, 2.05) is 18.7 Å². The van der Waals surface area contributed by atoms with Crippen LogP contribution in [0.4, 0.5) is 0 Å². The zero-order valence-electron chi connectivity index (χ0n) is 8.74. The second-order valence-electron chi connectivity index (χ2n) is 3.22. The van der Waals surface area contributed by atoms with Crippen molar-refractivity contribution in [2.45, 2.75) is 26.8 Å². The Morgan fingerprint density at radius 3 is 2.33 bits per heavy atom. The molecule has 15 heavy (non-hydrogen) atoms. The molecule has 2 N–H and O–H groups in total. The first-order valence-electron chi connectivity index (χ1n) is 4.48. The average molecular weight is 236 g/mol. The second kappa shape index (κ2) is 6.54. The molecule has 1 atom stereocenters. The minimum absolute atomic E-state index is 0.759. The third-order valence-electron chi connectivity index (χ3n) is 1.78. The van der Waals surface area contributed by atoms with Gasteiger partial charge in [0.25, 0.3) is 0 Å². The first-order chi connectivity index (χ1) is 6.83. The fourth-order valence-corrected chi connectivity index (χ4v) is 0.884. The van der Waals surface area contributed by atoms with E-state index in [-0.39, 0.29) is 0 Å². The summed E-state index contributed by atoms with van der Waals surface area (Å²) in [6.45, 7) is 5.55. The summed E-state index contributed by atoms with van der Waals surface area (Å²) in [5, 5.41) is 0. The van der Waals surface area contributed by atoms with Crippen LogP contribution in [0.3, 0.4) is 0 Å². The van der Waals surface area contributed by atoms with Crippen molar-refractivity contribution >= 4 is 10.4 Å². The van der Waals surface area contributed by atoms with E-state index >= 15 is 0 Å². The van der Waals surface area contributed by atoms with Gasteiger partial charge >= 0.3 is 10.4 Å². The Kier molecular flexibility index (Phi) is 6.14. The molecule has 0 aliphatic carbocycles. The van der Waals surface area contributed by atoms with Gasteiger partial charge in [0.15, 0.2) is 0 Å². The maximum atomic E-state index is 8.74. The van der Waals surface area contributed by atoms with E-state index in [9.17, 15) is 0 Å². The molecular weight excluding hydrogens is 220 g/mol. The molecule has 1 rings (SSSR count). The highest BCUT2D eigenvalue weighted by Crippen LogP contribution is 2.03. The Labute approximate surface area is 89.5 Å². The van der Waals surface area contributed by atoms with Crippen LogP contribution >= 0.6 is 0 Å². The van der Waals surface area contributed by atoms with Crippen LogP contribution in [0.15, 0.2) is 18.7 Å². The first kappa shape index (κ1) is 14.1. The SMILES string of the molecule is CCC(C)Cn1ccnc1.O=S(=O)(O)O. The molecule has 1 aromatic heterocycles. The van der Waals surface area contributed by atoms with Crippen molar-refractivity contribution in [1.82, 2.24) is 9.55 Å². The van der Waals surface area contributed by atoms with Crippen LogP contribution in [0.25, 0.3) is 0 Å². The molecule has 0 bridgehead atoms. The Bertz CT molecular complexity index is 339. The number of hydrogen-bond donors (Lipinski definition) is 2. The molecule has 0 saturated heterocycles. The summed E-state index contributed by atoms with van der Waals surface area (Å²) in [6.07, 6.45) is 6.93. The van der Waals surface area contributed by atoms with E-state index in [1.54, 1.807) is 0 Å². The monoisotopic (exact) mass is 236 g/mol.